The molecule has 1 aliphatic heterocycles. The summed E-state index contributed by atoms with van der Waals surface area (Å²) in [7, 11) is -3.42. The largest absolute Gasteiger partial charge is 0.441 e. The van der Waals surface area contributed by atoms with Crippen LogP contribution in [0.5, 0.6) is 0 Å². The number of nitrogens with zero attached hydrogens (tertiary/aromatic N) is 3. The fourth-order valence-electron chi connectivity index (χ4n) is 3.41. The van der Waals surface area contributed by atoms with Gasteiger partial charge < -0.3 is 4.42 Å². The van der Waals surface area contributed by atoms with Crippen molar-refractivity contribution in [1.82, 2.24) is 14.2 Å². The molecular weight excluding hydrogens is 474 g/mol. The number of aromatic nitrogens is 1. The van der Waals surface area contributed by atoms with E-state index in [1.807, 2.05) is 38.1 Å². The van der Waals surface area contributed by atoms with Gasteiger partial charge in [0.15, 0.2) is 0 Å². The zero-order valence-corrected chi connectivity index (χ0v) is 19.5. The molecule has 0 unspecified atom stereocenters. The summed E-state index contributed by atoms with van der Waals surface area (Å²) in [6.45, 7) is 6.90. The second-order valence-corrected chi connectivity index (χ2v) is 11.7. The zero-order chi connectivity index (χ0) is 20.6. The van der Waals surface area contributed by atoms with E-state index in [2.05, 4.69) is 20.8 Å². The molecule has 154 valence electrons. The van der Waals surface area contributed by atoms with Crippen molar-refractivity contribution in [1.29, 1.82) is 0 Å². The maximum Gasteiger partial charge on any atom is 0.252 e. The van der Waals surface area contributed by atoms with Crippen molar-refractivity contribution >= 4 is 37.3 Å². The summed E-state index contributed by atoms with van der Waals surface area (Å²) in [6.07, 6.45) is 0. The van der Waals surface area contributed by atoms with E-state index in [1.54, 1.807) is 16.4 Å². The molecule has 0 atom stereocenters. The number of hydrogen-bond acceptors (Lipinski definition) is 6. The summed E-state index contributed by atoms with van der Waals surface area (Å²) in [5.74, 6) is 1.45. The van der Waals surface area contributed by atoms with E-state index in [0.29, 0.717) is 42.8 Å². The van der Waals surface area contributed by atoms with Crippen LogP contribution >= 0.6 is 27.3 Å². The molecule has 0 amide bonds. The number of benzene rings is 1. The Bertz CT molecular complexity index is 1120. The standard InChI is InChI=1S/C20H22BrN3O3S2/c1-14-5-3-4-6-16(14)20-22-17(15(2)27-20)13-23-9-11-24(12-10-23)29(25,26)19-8-7-18(21)28-19/h3-8H,9-13H2,1-2H3. The van der Waals surface area contributed by atoms with Gasteiger partial charge in [-0.1, -0.05) is 18.2 Å². The van der Waals surface area contributed by atoms with Crippen LogP contribution in [-0.2, 0) is 16.6 Å². The minimum Gasteiger partial charge on any atom is -0.441 e. The van der Waals surface area contributed by atoms with Gasteiger partial charge in [-0.3, -0.25) is 4.90 Å². The number of piperazine rings is 1. The predicted molar refractivity (Wildman–Crippen MR) is 117 cm³/mol. The third kappa shape index (κ3) is 4.34. The first-order chi connectivity index (χ1) is 13.8. The van der Waals surface area contributed by atoms with Gasteiger partial charge in [-0.05, 0) is 53.5 Å². The molecule has 6 nitrogen and oxygen atoms in total. The average molecular weight is 496 g/mol. The number of rotatable bonds is 5. The maximum atomic E-state index is 12.8. The fourth-order valence-corrected chi connectivity index (χ4v) is 6.99. The average Bonchev–Trinajstić information content (AvgIpc) is 3.29. The fraction of sp³-hybridized carbons (Fsp3) is 0.350. The Labute approximate surface area is 183 Å². The number of thiophene rings is 1. The highest BCUT2D eigenvalue weighted by molar-refractivity contribution is 9.11. The Morgan fingerprint density at radius 2 is 1.83 bits per heavy atom. The summed E-state index contributed by atoms with van der Waals surface area (Å²) in [5.41, 5.74) is 3.03. The smallest absolute Gasteiger partial charge is 0.252 e. The van der Waals surface area contributed by atoms with Crippen LogP contribution in [-0.4, -0.2) is 48.8 Å². The molecule has 2 aromatic heterocycles. The minimum absolute atomic E-state index is 0.382. The number of oxazole rings is 1. The lowest BCUT2D eigenvalue weighted by Gasteiger charge is -2.33. The summed E-state index contributed by atoms with van der Waals surface area (Å²) in [5, 5.41) is 0. The van der Waals surface area contributed by atoms with Crippen LogP contribution in [0, 0.1) is 13.8 Å². The van der Waals surface area contributed by atoms with Gasteiger partial charge in [0, 0.05) is 38.3 Å². The Morgan fingerprint density at radius 1 is 1.10 bits per heavy atom. The van der Waals surface area contributed by atoms with Gasteiger partial charge in [-0.2, -0.15) is 4.31 Å². The van der Waals surface area contributed by atoms with E-state index < -0.39 is 10.0 Å². The van der Waals surface area contributed by atoms with Crippen LogP contribution in [0.2, 0.25) is 0 Å². The van der Waals surface area contributed by atoms with Crippen LogP contribution in [0.15, 0.2) is 48.8 Å². The quantitative estimate of drug-likeness (QED) is 0.528. The molecule has 3 heterocycles. The van der Waals surface area contributed by atoms with Crippen molar-refractivity contribution in [2.45, 2.75) is 24.6 Å². The summed E-state index contributed by atoms with van der Waals surface area (Å²) >= 11 is 4.58. The van der Waals surface area contributed by atoms with Crippen LogP contribution in [0.25, 0.3) is 11.5 Å². The Morgan fingerprint density at radius 3 is 2.48 bits per heavy atom. The van der Waals surface area contributed by atoms with E-state index in [-0.39, 0.29) is 0 Å². The molecule has 0 spiro atoms. The van der Waals surface area contributed by atoms with Gasteiger partial charge in [0.25, 0.3) is 10.0 Å². The molecule has 29 heavy (non-hydrogen) atoms. The highest BCUT2D eigenvalue weighted by atomic mass is 79.9. The second-order valence-electron chi connectivity index (χ2n) is 7.08. The summed E-state index contributed by atoms with van der Waals surface area (Å²) < 4.78 is 34.2. The maximum absolute atomic E-state index is 12.8. The minimum atomic E-state index is -3.42. The molecule has 4 rings (SSSR count). The highest BCUT2D eigenvalue weighted by Gasteiger charge is 2.30. The van der Waals surface area contributed by atoms with E-state index in [9.17, 15) is 8.42 Å². The van der Waals surface area contributed by atoms with Crippen molar-refractivity contribution < 1.29 is 12.8 Å². The summed E-state index contributed by atoms with van der Waals surface area (Å²) in [6, 6.07) is 11.5. The van der Waals surface area contributed by atoms with Crippen molar-refractivity contribution in [3.63, 3.8) is 0 Å². The molecule has 0 saturated carbocycles. The van der Waals surface area contributed by atoms with Crippen LogP contribution in [0.3, 0.4) is 0 Å². The Kier molecular flexibility index (Phi) is 5.94. The van der Waals surface area contributed by atoms with Crippen molar-refractivity contribution in [3.05, 3.63) is 57.2 Å². The third-order valence-electron chi connectivity index (χ3n) is 5.12. The molecule has 1 aliphatic rings. The topological polar surface area (TPSA) is 66.7 Å². The van der Waals surface area contributed by atoms with E-state index in [1.165, 1.54) is 11.3 Å². The molecule has 1 fully saturated rings. The van der Waals surface area contributed by atoms with E-state index in [4.69, 9.17) is 9.40 Å². The molecule has 9 heteroatoms. The van der Waals surface area contributed by atoms with Crippen molar-refractivity contribution in [3.8, 4) is 11.5 Å². The third-order valence-corrected chi connectivity index (χ3v) is 9.11. The number of sulfonamides is 1. The number of aryl methyl sites for hydroxylation is 2. The monoisotopic (exact) mass is 495 g/mol. The van der Waals surface area contributed by atoms with Gasteiger partial charge in [-0.25, -0.2) is 13.4 Å². The molecule has 0 radical (unpaired) electrons. The van der Waals surface area contributed by atoms with Gasteiger partial charge in [0.05, 0.1) is 9.48 Å². The lowest BCUT2D eigenvalue weighted by atomic mass is 10.1. The second kappa shape index (κ2) is 8.31. The van der Waals surface area contributed by atoms with Crippen LogP contribution in [0.1, 0.15) is 17.0 Å². The lowest BCUT2D eigenvalue weighted by Crippen LogP contribution is -2.48. The SMILES string of the molecule is Cc1ccccc1-c1nc(CN2CCN(S(=O)(=O)c3ccc(Br)s3)CC2)c(C)o1. The van der Waals surface area contributed by atoms with E-state index in [0.717, 1.165) is 26.4 Å². The molecule has 0 bridgehead atoms. The Hall–Kier alpha value is -1.52. The molecule has 1 aromatic carbocycles. The molecule has 3 aromatic rings. The lowest BCUT2D eigenvalue weighted by molar-refractivity contribution is 0.179. The summed E-state index contributed by atoms with van der Waals surface area (Å²) in [4.78, 5) is 6.93. The predicted octanol–water partition coefficient (Wildman–Crippen LogP) is 4.29. The van der Waals surface area contributed by atoms with Crippen molar-refractivity contribution in [2.24, 2.45) is 0 Å². The Balaban J connectivity index is 1.42. The van der Waals surface area contributed by atoms with Crippen LogP contribution < -0.4 is 0 Å². The van der Waals surface area contributed by atoms with Crippen LogP contribution in [0.4, 0.5) is 0 Å². The van der Waals surface area contributed by atoms with Crippen molar-refractivity contribution in [2.75, 3.05) is 26.2 Å². The molecular formula is C20H22BrN3O3S2. The van der Waals surface area contributed by atoms with E-state index >= 15 is 0 Å². The first-order valence-corrected chi connectivity index (χ1v) is 12.4. The zero-order valence-electron chi connectivity index (χ0n) is 16.3. The molecule has 0 aliphatic carbocycles. The van der Waals surface area contributed by atoms with Gasteiger partial charge in [0.1, 0.15) is 9.97 Å². The number of halogens is 1. The van der Waals surface area contributed by atoms with Gasteiger partial charge >= 0.3 is 0 Å². The normalized spacial score (nSPS) is 16.4. The first-order valence-electron chi connectivity index (χ1n) is 9.35. The highest BCUT2D eigenvalue weighted by Crippen LogP contribution is 2.29. The molecule has 1 saturated heterocycles. The molecule has 0 N–H and O–H groups in total. The van der Waals surface area contributed by atoms with Gasteiger partial charge in [0.2, 0.25) is 5.89 Å². The van der Waals surface area contributed by atoms with Gasteiger partial charge in [-0.15, -0.1) is 11.3 Å². The number of hydrogen-bond donors (Lipinski definition) is 0. The first kappa shape index (κ1) is 20.7.